The van der Waals surface area contributed by atoms with E-state index in [4.69, 9.17) is 9.47 Å². The van der Waals surface area contributed by atoms with Gasteiger partial charge in [-0.25, -0.2) is 4.98 Å². The van der Waals surface area contributed by atoms with Gasteiger partial charge in [-0.1, -0.05) is 23.8 Å². The topological polar surface area (TPSA) is 64.5 Å². The van der Waals surface area contributed by atoms with Crippen molar-refractivity contribution >= 4 is 0 Å². The maximum absolute atomic E-state index is 10.4. The predicted molar refractivity (Wildman–Crippen MR) is 79.7 cm³/mol. The van der Waals surface area contributed by atoms with Crippen molar-refractivity contribution < 1.29 is 14.6 Å². The monoisotopic (exact) mass is 288 g/mol. The highest BCUT2D eigenvalue weighted by atomic mass is 16.5. The van der Waals surface area contributed by atoms with Crippen LogP contribution in [0.4, 0.5) is 0 Å². The summed E-state index contributed by atoms with van der Waals surface area (Å²) in [5.74, 6) is 0.640. The molecule has 0 saturated heterocycles. The van der Waals surface area contributed by atoms with Gasteiger partial charge in [0.05, 0.1) is 20.4 Å². The molecule has 1 N–H and O–H groups in total. The molecule has 5 heteroatoms. The molecule has 0 amide bonds. The lowest BCUT2D eigenvalue weighted by Gasteiger charge is -2.15. The fourth-order valence-electron chi connectivity index (χ4n) is 2.17. The molecule has 2 aromatic rings. The zero-order valence-electron chi connectivity index (χ0n) is 12.8. The summed E-state index contributed by atoms with van der Waals surface area (Å²) in [6.07, 6.45) is 1.16. The summed E-state index contributed by atoms with van der Waals surface area (Å²) < 4.78 is 10.2. The van der Waals surface area contributed by atoms with Crippen molar-refractivity contribution in [1.29, 1.82) is 0 Å². The Labute approximate surface area is 124 Å². The number of aryl methyl sites for hydroxylation is 2. The van der Waals surface area contributed by atoms with E-state index in [9.17, 15) is 5.11 Å². The van der Waals surface area contributed by atoms with Gasteiger partial charge in [-0.2, -0.15) is 4.98 Å². The fourth-order valence-corrected chi connectivity index (χ4v) is 2.17. The van der Waals surface area contributed by atoms with Gasteiger partial charge in [-0.05, 0) is 25.0 Å². The van der Waals surface area contributed by atoms with Crippen LogP contribution in [0.3, 0.4) is 0 Å². The number of aliphatic hydroxyl groups excluding tert-OH is 1. The molecule has 2 rings (SSSR count). The van der Waals surface area contributed by atoms with Crippen molar-refractivity contribution in [3.8, 4) is 11.8 Å². The molecule has 0 bridgehead atoms. The molecule has 0 radical (unpaired) electrons. The Hall–Kier alpha value is -2.14. The van der Waals surface area contributed by atoms with E-state index in [1.54, 1.807) is 0 Å². The number of methoxy groups -OCH3 is 2. The van der Waals surface area contributed by atoms with Gasteiger partial charge in [0.2, 0.25) is 11.8 Å². The number of rotatable bonds is 5. The predicted octanol–water partition coefficient (Wildman–Crippen LogP) is 2.39. The Kier molecular flexibility index (Phi) is 4.75. The van der Waals surface area contributed by atoms with E-state index in [2.05, 4.69) is 22.1 Å². The lowest BCUT2D eigenvalue weighted by Crippen LogP contribution is -2.09. The first-order chi connectivity index (χ1) is 10.0. The Morgan fingerprint density at radius 3 is 2.62 bits per heavy atom. The van der Waals surface area contributed by atoms with Crippen molar-refractivity contribution in [3.63, 3.8) is 0 Å². The summed E-state index contributed by atoms with van der Waals surface area (Å²) in [7, 11) is 3.01. The van der Waals surface area contributed by atoms with E-state index in [-0.39, 0.29) is 5.88 Å². The third kappa shape index (κ3) is 3.49. The second kappa shape index (κ2) is 6.54. The van der Waals surface area contributed by atoms with Gasteiger partial charge in [-0.3, -0.25) is 0 Å². The number of benzene rings is 1. The Bertz CT molecular complexity index is 629. The van der Waals surface area contributed by atoms with Crippen LogP contribution in [0.15, 0.2) is 24.4 Å². The smallest absolute Gasteiger partial charge is 0.241 e. The van der Waals surface area contributed by atoms with Crippen molar-refractivity contribution in [1.82, 2.24) is 9.97 Å². The van der Waals surface area contributed by atoms with E-state index >= 15 is 0 Å². The summed E-state index contributed by atoms with van der Waals surface area (Å²) in [6, 6.07) is 6.18. The minimum absolute atomic E-state index is 0.284. The van der Waals surface area contributed by atoms with Crippen LogP contribution in [0.25, 0.3) is 0 Å². The molecule has 1 aromatic carbocycles. The van der Waals surface area contributed by atoms with E-state index in [0.717, 1.165) is 16.7 Å². The van der Waals surface area contributed by atoms with Crippen LogP contribution in [-0.4, -0.2) is 29.3 Å². The molecule has 1 heterocycles. The average Bonchev–Trinajstić information content (AvgIpc) is 2.50. The van der Waals surface area contributed by atoms with Gasteiger partial charge >= 0.3 is 0 Å². The number of ether oxygens (including phenoxy) is 2. The number of aliphatic hydroxyl groups is 1. The number of aromatic nitrogens is 2. The molecular formula is C16H20N2O3. The largest absolute Gasteiger partial charge is 0.480 e. The zero-order chi connectivity index (χ0) is 15.4. The average molecular weight is 288 g/mol. The van der Waals surface area contributed by atoms with Crippen molar-refractivity contribution in [2.45, 2.75) is 26.4 Å². The molecule has 1 unspecified atom stereocenters. The molecule has 0 saturated carbocycles. The maximum atomic E-state index is 10.4. The number of hydrogen-bond donors (Lipinski definition) is 1. The highest BCUT2D eigenvalue weighted by Crippen LogP contribution is 2.26. The van der Waals surface area contributed by atoms with E-state index in [1.165, 1.54) is 20.4 Å². The Morgan fingerprint density at radius 2 is 1.95 bits per heavy atom. The molecule has 1 aromatic heterocycles. The Balaban J connectivity index is 2.27. The fraction of sp³-hybridized carbons (Fsp3) is 0.375. The van der Waals surface area contributed by atoms with E-state index in [0.29, 0.717) is 18.0 Å². The molecule has 21 heavy (non-hydrogen) atoms. The lowest BCUT2D eigenvalue weighted by molar-refractivity contribution is 0.166. The molecule has 0 aliphatic heterocycles. The van der Waals surface area contributed by atoms with Gasteiger partial charge in [0, 0.05) is 6.42 Å². The van der Waals surface area contributed by atoms with Crippen LogP contribution in [-0.2, 0) is 6.42 Å². The molecule has 0 aliphatic rings. The standard InChI is InChI=1S/C16H20N2O3/c1-10-5-6-11(2)12(7-10)8-13(19)15-16(21-4)18-14(20-3)9-17-15/h5-7,9,13,19H,8H2,1-4H3. The van der Waals surface area contributed by atoms with Crippen LogP contribution in [0.5, 0.6) is 11.8 Å². The number of hydrogen-bond acceptors (Lipinski definition) is 5. The summed E-state index contributed by atoms with van der Waals surface area (Å²) in [4.78, 5) is 8.35. The minimum atomic E-state index is -0.779. The van der Waals surface area contributed by atoms with Crippen LogP contribution in [0.1, 0.15) is 28.5 Å². The highest BCUT2D eigenvalue weighted by Gasteiger charge is 2.18. The first-order valence-corrected chi connectivity index (χ1v) is 6.74. The third-order valence-corrected chi connectivity index (χ3v) is 3.38. The van der Waals surface area contributed by atoms with E-state index < -0.39 is 6.10 Å². The van der Waals surface area contributed by atoms with Gasteiger partial charge in [-0.15, -0.1) is 0 Å². The quantitative estimate of drug-likeness (QED) is 0.915. The van der Waals surface area contributed by atoms with Gasteiger partial charge in [0.1, 0.15) is 11.8 Å². The number of nitrogens with zero attached hydrogens (tertiary/aromatic N) is 2. The second-order valence-electron chi connectivity index (χ2n) is 4.96. The van der Waals surface area contributed by atoms with Crippen molar-refractivity contribution in [2.75, 3.05) is 14.2 Å². The summed E-state index contributed by atoms with van der Waals surface area (Å²) in [5.41, 5.74) is 3.80. The van der Waals surface area contributed by atoms with Crippen molar-refractivity contribution in [3.05, 3.63) is 46.8 Å². The SMILES string of the molecule is COc1cnc(C(O)Cc2cc(C)ccc2C)c(OC)n1. The molecule has 0 fully saturated rings. The molecule has 112 valence electrons. The van der Waals surface area contributed by atoms with E-state index in [1.807, 2.05) is 19.9 Å². The molecule has 0 aliphatic carbocycles. The zero-order valence-corrected chi connectivity index (χ0v) is 12.8. The summed E-state index contributed by atoms with van der Waals surface area (Å²) >= 11 is 0. The van der Waals surface area contributed by atoms with Crippen molar-refractivity contribution in [2.24, 2.45) is 0 Å². The van der Waals surface area contributed by atoms with Gasteiger partial charge < -0.3 is 14.6 Å². The molecule has 0 spiro atoms. The third-order valence-electron chi connectivity index (χ3n) is 3.38. The highest BCUT2D eigenvalue weighted by molar-refractivity contribution is 5.33. The summed E-state index contributed by atoms with van der Waals surface area (Å²) in [5, 5.41) is 10.4. The van der Waals surface area contributed by atoms with Crippen LogP contribution in [0, 0.1) is 13.8 Å². The normalized spacial score (nSPS) is 12.0. The molecule has 1 atom stereocenters. The lowest BCUT2D eigenvalue weighted by atomic mass is 9.99. The minimum Gasteiger partial charge on any atom is -0.480 e. The van der Waals surface area contributed by atoms with Crippen LogP contribution < -0.4 is 9.47 Å². The van der Waals surface area contributed by atoms with Gasteiger partial charge in [0.15, 0.2) is 0 Å². The second-order valence-corrected chi connectivity index (χ2v) is 4.96. The first-order valence-electron chi connectivity index (χ1n) is 6.74. The van der Waals surface area contributed by atoms with Gasteiger partial charge in [0.25, 0.3) is 0 Å². The van der Waals surface area contributed by atoms with Crippen LogP contribution in [0.2, 0.25) is 0 Å². The Morgan fingerprint density at radius 1 is 1.19 bits per heavy atom. The first kappa shape index (κ1) is 15.3. The van der Waals surface area contributed by atoms with Crippen LogP contribution >= 0.6 is 0 Å². The molecular weight excluding hydrogens is 268 g/mol. The maximum Gasteiger partial charge on any atom is 0.241 e. The molecule has 5 nitrogen and oxygen atoms in total. The summed E-state index contributed by atoms with van der Waals surface area (Å²) in [6.45, 7) is 4.06.